The van der Waals surface area contributed by atoms with Crippen LogP contribution in [-0.4, -0.2) is 37.5 Å². The zero-order valence-electron chi connectivity index (χ0n) is 19.9. The van der Waals surface area contributed by atoms with Crippen LogP contribution < -0.4 is 15.5 Å². The van der Waals surface area contributed by atoms with Crippen molar-refractivity contribution >= 4 is 40.8 Å². The average molecular weight is 486 g/mol. The maximum Gasteiger partial charge on any atom is 0.305 e. The highest BCUT2D eigenvalue weighted by atomic mass is 35.5. The molecule has 0 bridgehead atoms. The number of esters is 1. The van der Waals surface area contributed by atoms with Gasteiger partial charge in [-0.3, -0.25) is 14.4 Å². The number of hydrogen-bond donors (Lipinski definition) is 2. The Morgan fingerprint density at radius 1 is 1.09 bits per heavy atom. The molecule has 0 radical (unpaired) electrons. The van der Waals surface area contributed by atoms with E-state index in [-0.39, 0.29) is 29.9 Å². The number of nitrogens with zero attached hydrogens (tertiary/aromatic N) is 1. The van der Waals surface area contributed by atoms with Gasteiger partial charge in [-0.2, -0.15) is 0 Å². The van der Waals surface area contributed by atoms with Gasteiger partial charge in [0, 0.05) is 47.9 Å². The lowest BCUT2D eigenvalue weighted by atomic mass is 9.90. The molecule has 0 aliphatic carbocycles. The van der Waals surface area contributed by atoms with Crippen molar-refractivity contribution < 1.29 is 19.1 Å². The van der Waals surface area contributed by atoms with Gasteiger partial charge in [0.2, 0.25) is 5.91 Å². The third-order valence-corrected chi connectivity index (χ3v) is 6.29. The van der Waals surface area contributed by atoms with E-state index in [2.05, 4.69) is 15.4 Å². The second-order valence-electron chi connectivity index (χ2n) is 8.59. The number of amides is 2. The number of hydrogen-bond acceptors (Lipinski definition) is 5. The summed E-state index contributed by atoms with van der Waals surface area (Å²) in [4.78, 5) is 38.1. The third-order valence-electron chi connectivity index (χ3n) is 6.04. The summed E-state index contributed by atoms with van der Waals surface area (Å²) in [6.45, 7) is 4.12. The Morgan fingerprint density at radius 2 is 1.82 bits per heavy atom. The molecule has 8 heteroatoms. The van der Waals surface area contributed by atoms with Gasteiger partial charge in [-0.25, -0.2) is 0 Å². The second-order valence-corrected chi connectivity index (χ2v) is 9.03. The Morgan fingerprint density at radius 3 is 2.50 bits per heavy atom. The summed E-state index contributed by atoms with van der Waals surface area (Å²) in [6.07, 6.45) is 3.45. The predicted octanol–water partition coefficient (Wildman–Crippen LogP) is 5.10. The minimum absolute atomic E-state index is 0.0134. The fourth-order valence-corrected chi connectivity index (χ4v) is 4.47. The van der Waals surface area contributed by atoms with Crippen LogP contribution in [0.3, 0.4) is 0 Å². The number of anilines is 2. The lowest BCUT2D eigenvalue weighted by Crippen LogP contribution is -2.43. The highest BCUT2D eigenvalue weighted by Gasteiger charge is 2.33. The molecule has 0 aromatic heterocycles. The summed E-state index contributed by atoms with van der Waals surface area (Å²) < 4.78 is 4.63. The monoisotopic (exact) mass is 485 g/mol. The van der Waals surface area contributed by atoms with E-state index in [4.69, 9.17) is 11.6 Å². The van der Waals surface area contributed by atoms with E-state index in [1.54, 1.807) is 17.9 Å². The first-order chi connectivity index (χ1) is 16.3. The van der Waals surface area contributed by atoms with E-state index < -0.39 is 0 Å². The molecule has 2 atom stereocenters. The minimum Gasteiger partial charge on any atom is -0.469 e. The molecule has 2 aromatic rings. The van der Waals surface area contributed by atoms with Gasteiger partial charge in [0.1, 0.15) is 0 Å². The predicted molar refractivity (Wildman–Crippen MR) is 134 cm³/mol. The van der Waals surface area contributed by atoms with Crippen LogP contribution in [0.25, 0.3) is 0 Å². The highest BCUT2D eigenvalue weighted by molar-refractivity contribution is 6.30. The van der Waals surface area contributed by atoms with Crippen molar-refractivity contribution in [1.82, 2.24) is 5.32 Å². The number of ether oxygens (including phenoxy) is 1. The Labute approximate surface area is 205 Å². The fraction of sp³-hybridized carbons (Fsp3) is 0.423. The van der Waals surface area contributed by atoms with Crippen LogP contribution >= 0.6 is 11.6 Å². The van der Waals surface area contributed by atoms with E-state index in [9.17, 15) is 14.4 Å². The molecule has 1 aliphatic heterocycles. The normalized spacial score (nSPS) is 17.0. The Bertz CT molecular complexity index is 1030. The van der Waals surface area contributed by atoms with E-state index in [0.29, 0.717) is 30.0 Å². The molecule has 0 unspecified atom stereocenters. The van der Waals surface area contributed by atoms with E-state index in [1.165, 1.54) is 7.11 Å². The van der Waals surface area contributed by atoms with Crippen molar-refractivity contribution in [3.63, 3.8) is 0 Å². The van der Waals surface area contributed by atoms with Gasteiger partial charge < -0.3 is 20.3 Å². The van der Waals surface area contributed by atoms with Crippen LogP contribution in [0.15, 0.2) is 42.5 Å². The number of halogens is 1. The molecule has 1 aliphatic rings. The van der Waals surface area contributed by atoms with Crippen LogP contribution in [0.1, 0.15) is 67.9 Å². The lowest BCUT2D eigenvalue weighted by Gasteiger charge is -2.39. The van der Waals surface area contributed by atoms with E-state index in [1.807, 2.05) is 43.3 Å². The number of methoxy groups -OCH3 is 1. The number of nitrogens with one attached hydrogen (secondary N) is 2. The van der Waals surface area contributed by atoms with Crippen molar-refractivity contribution in [2.45, 2.75) is 58.0 Å². The fourth-order valence-electron chi connectivity index (χ4n) is 4.35. The van der Waals surface area contributed by atoms with Crippen molar-refractivity contribution in [3.05, 3.63) is 58.6 Å². The van der Waals surface area contributed by atoms with Crippen molar-refractivity contribution in [1.29, 1.82) is 0 Å². The quantitative estimate of drug-likeness (QED) is 0.381. The van der Waals surface area contributed by atoms with E-state index in [0.717, 1.165) is 36.2 Å². The zero-order valence-corrected chi connectivity index (χ0v) is 20.7. The van der Waals surface area contributed by atoms with Gasteiger partial charge in [-0.05, 0) is 74.2 Å². The van der Waals surface area contributed by atoms with Gasteiger partial charge >= 0.3 is 5.97 Å². The number of carbonyl (C=O) groups is 3. The number of fused-ring (bicyclic) bond motifs is 1. The first-order valence-corrected chi connectivity index (χ1v) is 12.0. The minimum atomic E-state index is -0.214. The Kier molecular flexibility index (Phi) is 8.93. The summed E-state index contributed by atoms with van der Waals surface area (Å²) in [6, 6.07) is 12.9. The summed E-state index contributed by atoms with van der Waals surface area (Å²) in [5.41, 5.74) is 3.20. The van der Waals surface area contributed by atoms with Gasteiger partial charge in [0.05, 0.1) is 13.2 Å². The molecule has 0 saturated heterocycles. The third kappa shape index (κ3) is 6.50. The lowest BCUT2D eigenvalue weighted by molar-refractivity contribution is -0.140. The summed E-state index contributed by atoms with van der Waals surface area (Å²) in [5.74, 6) is -0.398. The van der Waals surface area contributed by atoms with Gasteiger partial charge in [-0.15, -0.1) is 0 Å². The van der Waals surface area contributed by atoms with Crippen LogP contribution in [-0.2, 0) is 14.3 Å². The largest absolute Gasteiger partial charge is 0.469 e. The molecule has 2 amide bonds. The topological polar surface area (TPSA) is 87.7 Å². The number of unbranched alkanes of at least 4 members (excludes halogenated alkanes) is 2. The summed E-state index contributed by atoms with van der Waals surface area (Å²) >= 11 is 6.02. The Hall–Kier alpha value is -3.06. The zero-order chi connectivity index (χ0) is 24.7. The van der Waals surface area contributed by atoms with Crippen molar-refractivity contribution in [2.75, 3.05) is 23.9 Å². The number of carbonyl (C=O) groups excluding carboxylic acids is 3. The van der Waals surface area contributed by atoms with Crippen LogP contribution in [0, 0.1) is 0 Å². The summed E-state index contributed by atoms with van der Waals surface area (Å²) in [7, 11) is 1.38. The molecule has 3 rings (SSSR count). The molecular weight excluding hydrogens is 454 g/mol. The molecule has 2 N–H and O–H groups in total. The maximum absolute atomic E-state index is 12.8. The van der Waals surface area contributed by atoms with Gasteiger partial charge in [0.25, 0.3) is 5.91 Å². The molecular formula is C26H32ClN3O4. The van der Waals surface area contributed by atoms with Crippen LogP contribution in [0.4, 0.5) is 11.4 Å². The maximum atomic E-state index is 12.8. The van der Waals surface area contributed by atoms with E-state index >= 15 is 0 Å². The average Bonchev–Trinajstić information content (AvgIpc) is 2.81. The first-order valence-electron chi connectivity index (χ1n) is 11.6. The second kappa shape index (κ2) is 11.9. The Balaban J connectivity index is 1.72. The molecule has 1 heterocycles. The molecule has 0 fully saturated rings. The summed E-state index contributed by atoms with van der Waals surface area (Å²) in [5, 5.41) is 7.15. The van der Waals surface area contributed by atoms with Crippen LogP contribution in [0.5, 0.6) is 0 Å². The molecule has 34 heavy (non-hydrogen) atoms. The number of rotatable bonds is 9. The first kappa shape index (κ1) is 25.6. The SMILES string of the molecule is COC(=O)CCCCCNC(=O)c1ccc2c(c1)[C@H](Nc1ccc(Cl)cc1)C[C@H](C)N2C(C)=O. The highest BCUT2D eigenvalue weighted by Crippen LogP contribution is 2.39. The standard InChI is InChI=1S/C26H32ClN3O4/c1-17-15-23(29-21-11-9-20(27)10-12-21)22-16-19(8-13-24(22)30(17)18(2)31)26(33)28-14-6-4-5-7-25(32)34-3/h8-13,16-17,23,29H,4-7,14-15H2,1-3H3,(H,28,33)/t17-,23+/m0/s1. The molecule has 182 valence electrons. The molecule has 7 nitrogen and oxygen atoms in total. The molecule has 0 spiro atoms. The van der Waals surface area contributed by atoms with Crippen molar-refractivity contribution in [3.8, 4) is 0 Å². The smallest absolute Gasteiger partial charge is 0.305 e. The van der Waals surface area contributed by atoms with Crippen LogP contribution in [0.2, 0.25) is 5.02 Å². The molecule has 0 saturated carbocycles. The molecule has 2 aromatic carbocycles. The number of benzene rings is 2. The van der Waals surface area contributed by atoms with Gasteiger partial charge in [0.15, 0.2) is 0 Å². The van der Waals surface area contributed by atoms with Crippen molar-refractivity contribution in [2.24, 2.45) is 0 Å². The van der Waals surface area contributed by atoms with Gasteiger partial charge in [-0.1, -0.05) is 18.0 Å².